The van der Waals surface area contributed by atoms with Gasteiger partial charge in [-0.05, 0) is 12.1 Å². The van der Waals surface area contributed by atoms with Crippen molar-refractivity contribution in [2.24, 2.45) is 5.10 Å². The van der Waals surface area contributed by atoms with Crippen molar-refractivity contribution in [1.29, 1.82) is 10.5 Å². The number of alkyl halides is 2. The van der Waals surface area contributed by atoms with Gasteiger partial charge < -0.3 is 9.47 Å². The van der Waals surface area contributed by atoms with Crippen molar-refractivity contribution in [1.82, 2.24) is 0 Å². The molecule has 1 aromatic carbocycles. The van der Waals surface area contributed by atoms with Crippen molar-refractivity contribution in [2.75, 3.05) is 12.5 Å². The van der Waals surface area contributed by atoms with Crippen LogP contribution in [-0.4, -0.2) is 19.4 Å². The van der Waals surface area contributed by atoms with Gasteiger partial charge in [-0.1, -0.05) is 0 Å². The molecule has 1 aromatic rings. The molecule has 0 aliphatic rings. The van der Waals surface area contributed by atoms with E-state index >= 15 is 0 Å². The van der Waals surface area contributed by atoms with Crippen LogP contribution in [0.1, 0.15) is 0 Å². The van der Waals surface area contributed by atoms with E-state index in [1.807, 2.05) is 0 Å². The number of hydrogen-bond acceptors (Lipinski definition) is 6. The van der Waals surface area contributed by atoms with Gasteiger partial charge in [-0.25, -0.2) is 0 Å². The van der Waals surface area contributed by atoms with Gasteiger partial charge in [-0.15, -0.1) is 0 Å². The molecular weight excluding hydrogens is 258 g/mol. The zero-order valence-corrected chi connectivity index (χ0v) is 9.72. The van der Waals surface area contributed by atoms with Crippen LogP contribution in [0.3, 0.4) is 0 Å². The quantitative estimate of drug-likeness (QED) is 0.651. The van der Waals surface area contributed by atoms with Crippen molar-refractivity contribution in [3.63, 3.8) is 0 Å². The molecule has 0 amide bonds. The average molecular weight is 266 g/mol. The number of rotatable bonds is 5. The SMILES string of the molecule is COc1cc(NN=C(C#N)C#N)ccc1OC(F)F. The van der Waals surface area contributed by atoms with Gasteiger partial charge in [0.15, 0.2) is 11.5 Å². The van der Waals surface area contributed by atoms with Crippen LogP contribution in [0.15, 0.2) is 23.3 Å². The molecule has 0 bridgehead atoms. The van der Waals surface area contributed by atoms with E-state index in [4.69, 9.17) is 15.3 Å². The summed E-state index contributed by atoms with van der Waals surface area (Å²) in [6.45, 7) is -2.96. The summed E-state index contributed by atoms with van der Waals surface area (Å²) in [6.07, 6.45) is 0. The monoisotopic (exact) mass is 266 g/mol. The number of hydrogen-bond donors (Lipinski definition) is 1. The lowest BCUT2D eigenvalue weighted by molar-refractivity contribution is -0.0512. The minimum atomic E-state index is -2.96. The van der Waals surface area contributed by atoms with E-state index in [1.165, 1.54) is 25.3 Å². The van der Waals surface area contributed by atoms with Crippen LogP contribution in [0.25, 0.3) is 0 Å². The van der Waals surface area contributed by atoms with E-state index in [9.17, 15) is 8.78 Å². The summed E-state index contributed by atoms with van der Waals surface area (Å²) in [5.41, 5.74) is 2.40. The van der Waals surface area contributed by atoms with Crippen LogP contribution in [0, 0.1) is 22.7 Å². The first-order valence-corrected chi connectivity index (χ1v) is 4.87. The maximum Gasteiger partial charge on any atom is 0.387 e. The first-order valence-electron chi connectivity index (χ1n) is 4.87. The Morgan fingerprint density at radius 2 is 2.00 bits per heavy atom. The predicted octanol–water partition coefficient (Wildman–Crippen LogP) is 2.11. The molecule has 0 radical (unpaired) electrons. The summed E-state index contributed by atoms with van der Waals surface area (Å²) >= 11 is 0. The second kappa shape index (κ2) is 6.77. The number of halogens is 2. The first kappa shape index (κ1) is 14.2. The van der Waals surface area contributed by atoms with Crippen molar-refractivity contribution in [3.8, 4) is 23.6 Å². The molecule has 0 fully saturated rings. The van der Waals surface area contributed by atoms with Gasteiger partial charge in [0, 0.05) is 6.07 Å². The molecule has 98 valence electrons. The highest BCUT2D eigenvalue weighted by Crippen LogP contribution is 2.31. The van der Waals surface area contributed by atoms with Gasteiger partial charge in [0.05, 0.1) is 12.8 Å². The van der Waals surface area contributed by atoms with Gasteiger partial charge in [0.1, 0.15) is 12.1 Å². The summed E-state index contributed by atoms with van der Waals surface area (Å²) in [5, 5.41) is 20.5. The molecule has 19 heavy (non-hydrogen) atoms. The molecule has 0 atom stereocenters. The van der Waals surface area contributed by atoms with Crippen LogP contribution in [0.2, 0.25) is 0 Å². The topological polar surface area (TPSA) is 90.4 Å². The number of hydrazone groups is 1. The zero-order valence-electron chi connectivity index (χ0n) is 9.72. The zero-order chi connectivity index (χ0) is 14.3. The standard InChI is InChI=1S/C11H8F2N4O2/c1-18-10-4-7(16-17-8(5-14)6-15)2-3-9(10)19-11(12)13/h2-4,11,16H,1H3. The van der Waals surface area contributed by atoms with E-state index in [2.05, 4.69) is 15.3 Å². The Bertz CT molecular complexity index is 545. The van der Waals surface area contributed by atoms with Gasteiger partial charge in [0.2, 0.25) is 5.71 Å². The lowest BCUT2D eigenvalue weighted by atomic mass is 10.3. The number of methoxy groups -OCH3 is 1. The molecule has 0 spiro atoms. The number of nitrogens with one attached hydrogen (secondary N) is 1. The number of ether oxygens (including phenoxy) is 2. The lowest BCUT2D eigenvalue weighted by Gasteiger charge is -2.10. The van der Waals surface area contributed by atoms with E-state index in [-0.39, 0.29) is 17.2 Å². The van der Waals surface area contributed by atoms with Crippen molar-refractivity contribution >= 4 is 11.4 Å². The molecule has 0 aliphatic carbocycles. The molecule has 0 heterocycles. The largest absolute Gasteiger partial charge is 0.493 e. The Morgan fingerprint density at radius 1 is 1.32 bits per heavy atom. The molecule has 0 saturated carbocycles. The molecule has 6 nitrogen and oxygen atoms in total. The van der Waals surface area contributed by atoms with Gasteiger partial charge in [-0.2, -0.15) is 24.4 Å². The molecule has 1 rings (SSSR count). The normalized spacial score (nSPS) is 9.16. The number of nitrogens with zero attached hydrogens (tertiary/aromatic N) is 3. The minimum Gasteiger partial charge on any atom is -0.493 e. The highest BCUT2D eigenvalue weighted by Gasteiger charge is 2.10. The summed E-state index contributed by atoms with van der Waals surface area (Å²) in [7, 11) is 1.29. The first-order chi connectivity index (χ1) is 9.10. The molecule has 0 unspecified atom stereocenters. The van der Waals surface area contributed by atoms with E-state index < -0.39 is 6.61 Å². The lowest BCUT2D eigenvalue weighted by Crippen LogP contribution is -2.04. The number of benzene rings is 1. The van der Waals surface area contributed by atoms with Gasteiger partial charge in [0.25, 0.3) is 0 Å². The van der Waals surface area contributed by atoms with Crippen LogP contribution >= 0.6 is 0 Å². The van der Waals surface area contributed by atoms with E-state index in [0.29, 0.717) is 5.69 Å². The van der Waals surface area contributed by atoms with E-state index in [1.54, 1.807) is 12.1 Å². The summed E-state index contributed by atoms with van der Waals surface area (Å²) in [5.74, 6) is -0.0659. The van der Waals surface area contributed by atoms with Crippen molar-refractivity contribution in [2.45, 2.75) is 6.61 Å². The maximum atomic E-state index is 12.1. The van der Waals surface area contributed by atoms with Gasteiger partial charge in [-0.3, -0.25) is 5.43 Å². The third-order valence-electron chi connectivity index (χ3n) is 1.89. The Labute approximate surface area is 107 Å². The predicted molar refractivity (Wildman–Crippen MR) is 61.9 cm³/mol. The van der Waals surface area contributed by atoms with Crippen molar-refractivity contribution < 1.29 is 18.3 Å². The maximum absolute atomic E-state index is 12.1. The molecule has 0 aromatic heterocycles. The summed E-state index contributed by atoms with van der Waals surface area (Å²) < 4.78 is 33.3. The highest BCUT2D eigenvalue weighted by molar-refractivity contribution is 6.10. The Morgan fingerprint density at radius 3 is 2.53 bits per heavy atom. The molecule has 0 saturated heterocycles. The molecule has 1 N–H and O–H groups in total. The Kier molecular flexibility index (Phi) is 5.05. The highest BCUT2D eigenvalue weighted by atomic mass is 19.3. The third-order valence-corrected chi connectivity index (χ3v) is 1.89. The van der Waals surface area contributed by atoms with Crippen LogP contribution in [-0.2, 0) is 0 Å². The summed E-state index contributed by atoms with van der Waals surface area (Å²) in [6, 6.07) is 7.10. The molecule has 8 heteroatoms. The molecule has 0 aliphatic heterocycles. The van der Waals surface area contributed by atoms with Crippen LogP contribution in [0.5, 0.6) is 11.5 Å². The average Bonchev–Trinajstić information content (AvgIpc) is 2.40. The second-order valence-corrected chi connectivity index (χ2v) is 3.04. The fourth-order valence-electron chi connectivity index (χ4n) is 1.13. The fraction of sp³-hybridized carbons (Fsp3) is 0.182. The minimum absolute atomic E-state index is 0.0657. The second-order valence-electron chi connectivity index (χ2n) is 3.04. The third kappa shape index (κ3) is 4.13. The number of anilines is 1. The van der Waals surface area contributed by atoms with E-state index in [0.717, 1.165) is 0 Å². The summed E-state index contributed by atoms with van der Waals surface area (Å²) in [4.78, 5) is 0. The Hall–Kier alpha value is -2.87. The molecular formula is C11H8F2N4O2. The van der Waals surface area contributed by atoms with Crippen LogP contribution < -0.4 is 14.9 Å². The van der Waals surface area contributed by atoms with Crippen molar-refractivity contribution in [3.05, 3.63) is 18.2 Å². The smallest absolute Gasteiger partial charge is 0.387 e. The van der Waals surface area contributed by atoms with Crippen LogP contribution in [0.4, 0.5) is 14.5 Å². The fourth-order valence-corrected chi connectivity index (χ4v) is 1.13. The van der Waals surface area contributed by atoms with Gasteiger partial charge >= 0.3 is 6.61 Å². The Balaban J connectivity index is 2.92. The number of nitriles is 2.